The minimum atomic E-state index is -0.876. The van der Waals surface area contributed by atoms with Gasteiger partial charge in [-0.1, -0.05) is 18.2 Å². The molecule has 3 nitrogen and oxygen atoms in total. The molecule has 1 aliphatic carbocycles. The molecule has 1 heterocycles. The van der Waals surface area contributed by atoms with Crippen LogP contribution in [0.2, 0.25) is 0 Å². The number of carbonyl (C=O) groups is 1. The molecule has 0 bridgehead atoms. The summed E-state index contributed by atoms with van der Waals surface area (Å²) in [6.07, 6.45) is 2.60. The number of benzene rings is 1. The summed E-state index contributed by atoms with van der Waals surface area (Å²) < 4.78 is 0. The second-order valence-electron chi connectivity index (χ2n) is 5.21. The van der Waals surface area contributed by atoms with Crippen molar-refractivity contribution < 1.29 is 9.90 Å². The van der Waals surface area contributed by atoms with Gasteiger partial charge in [-0.15, -0.1) is 11.3 Å². The highest BCUT2D eigenvalue weighted by Crippen LogP contribution is 2.42. The predicted molar refractivity (Wildman–Crippen MR) is 80.0 cm³/mol. The van der Waals surface area contributed by atoms with Gasteiger partial charge in [0.1, 0.15) is 0 Å². The molecule has 20 heavy (non-hydrogen) atoms. The fourth-order valence-corrected chi connectivity index (χ4v) is 3.28. The standard InChI is InChI=1S/C16H17NO2S/c18-16(19)13-5-3-11(4-6-13)10-17-15(12-7-8-12)14-2-1-9-20-14/h1-6,9,12,15,17H,7-8,10H2,(H,18,19). The summed E-state index contributed by atoms with van der Waals surface area (Å²) in [6.45, 7) is 0.777. The number of rotatable bonds is 6. The molecule has 4 heteroatoms. The third-order valence-electron chi connectivity index (χ3n) is 3.67. The molecule has 0 amide bonds. The Kier molecular flexibility index (Phi) is 3.85. The average Bonchev–Trinajstić information content (AvgIpc) is 3.14. The maximum atomic E-state index is 10.8. The van der Waals surface area contributed by atoms with Crippen molar-refractivity contribution in [3.05, 3.63) is 57.8 Å². The van der Waals surface area contributed by atoms with Gasteiger partial charge in [0.2, 0.25) is 0 Å². The maximum absolute atomic E-state index is 10.8. The fraction of sp³-hybridized carbons (Fsp3) is 0.312. The highest BCUT2D eigenvalue weighted by atomic mass is 32.1. The van der Waals surface area contributed by atoms with Crippen molar-refractivity contribution in [3.8, 4) is 0 Å². The molecule has 1 aliphatic rings. The highest BCUT2D eigenvalue weighted by Gasteiger charge is 2.32. The first-order valence-electron chi connectivity index (χ1n) is 6.83. The second kappa shape index (κ2) is 5.77. The zero-order chi connectivity index (χ0) is 13.9. The Morgan fingerprint density at radius 1 is 1.30 bits per heavy atom. The Labute approximate surface area is 122 Å². The van der Waals surface area contributed by atoms with Crippen LogP contribution in [0.15, 0.2) is 41.8 Å². The first-order chi connectivity index (χ1) is 9.74. The summed E-state index contributed by atoms with van der Waals surface area (Å²) in [6, 6.07) is 11.8. The largest absolute Gasteiger partial charge is 0.478 e. The van der Waals surface area contributed by atoms with Crippen molar-refractivity contribution in [2.24, 2.45) is 5.92 Å². The fourth-order valence-electron chi connectivity index (χ4n) is 2.39. The van der Waals surface area contributed by atoms with Crippen molar-refractivity contribution in [1.29, 1.82) is 0 Å². The van der Waals surface area contributed by atoms with Gasteiger partial charge in [-0.3, -0.25) is 0 Å². The van der Waals surface area contributed by atoms with Crippen LogP contribution in [0.4, 0.5) is 0 Å². The molecule has 1 saturated carbocycles. The van der Waals surface area contributed by atoms with Gasteiger partial charge < -0.3 is 10.4 Å². The molecule has 1 unspecified atom stereocenters. The van der Waals surface area contributed by atoms with E-state index in [-0.39, 0.29) is 0 Å². The van der Waals surface area contributed by atoms with E-state index in [1.165, 1.54) is 17.7 Å². The third-order valence-corrected chi connectivity index (χ3v) is 4.63. The molecule has 1 aromatic carbocycles. The minimum Gasteiger partial charge on any atom is -0.478 e. The average molecular weight is 287 g/mol. The lowest BCUT2D eigenvalue weighted by molar-refractivity contribution is 0.0697. The van der Waals surface area contributed by atoms with Gasteiger partial charge in [0.05, 0.1) is 5.56 Å². The number of aromatic carboxylic acids is 1. The number of carboxylic acids is 1. The molecule has 1 atom stereocenters. The smallest absolute Gasteiger partial charge is 0.335 e. The summed E-state index contributed by atoms with van der Waals surface area (Å²) >= 11 is 1.80. The summed E-state index contributed by atoms with van der Waals surface area (Å²) in [5.74, 6) is -0.120. The van der Waals surface area contributed by atoms with E-state index in [1.807, 2.05) is 12.1 Å². The molecule has 3 rings (SSSR count). The normalized spacial score (nSPS) is 16.0. The highest BCUT2D eigenvalue weighted by molar-refractivity contribution is 7.10. The van der Waals surface area contributed by atoms with Crippen LogP contribution >= 0.6 is 11.3 Å². The van der Waals surface area contributed by atoms with Crippen LogP contribution in [0.3, 0.4) is 0 Å². The van der Waals surface area contributed by atoms with Crippen LogP contribution < -0.4 is 5.32 Å². The van der Waals surface area contributed by atoms with E-state index >= 15 is 0 Å². The van der Waals surface area contributed by atoms with Crippen molar-refractivity contribution in [1.82, 2.24) is 5.32 Å². The Bertz CT molecular complexity index is 573. The predicted octanol–water partition coefficient (Wildman–Crippen LogP) is 3.69. The van der Waals surface area contributed by atoms with Crippen molar-refractivity contribution >= 4 is 17.3 Å². The monoisotopic (exact) mass is 287 g/mol. The van der Waals surface area contributed by atoms with Gasteiger partial charge in [-0.05, 0) is 47.9 Å². The Hall–Kier alpha value is -1.65. The van der Waals surface area contributed by atoms with Crippen molar-refractivity contribution in [3.63, 3.8) is 0 Å². The van der Waals surface area contributed by atoms with Gasteiger partial charge in [0.25, 0.3) is 0 Å². The first-order valence-corrected chi connectivity index (χ1v) is 7.71. The van der Waals surface area contributed by atoms with Crippen LogP contribution in [0.5, 0.6) is 0 Å². The number of hydrogen-bond donors (Lipinski definition) is 2. The Morgan fingerprint density at radius 3 is 2.60 bits per heavy atom. The van der Waals surface area contributed by atoms with E-state index in [4.69, 9.17) is 5.11 Å². The van der Waals surface area contributed by atoms with E-state index in [1.54, 1.807) is 23.5 Å². The quantitative estimate of drug-likeness (QED) is 0.852. The number of hydrogen-bond acceptors (Lipinski definition) is 3. The lowest BCUT2D eigenvalue weighted by atomic mass is 10.1. The lowest BCUT2D eigenvalue weighted by Crippen LogP contribution is -2.21. The van der Waals surface area contributed by atoms with Crippen LogP contribution in [0.25, 0.3) is 0 Å². The Morgan fingerprint density at radius 2 is 2.05 bits per heavy atom. The molecule has 0 saturated heterocycles. The van der Waals surface area contributed by atoms with Gasteiger partial charge in [0.15, 0.2) is 0 Å². The maximum Gasteiger partial charge on any atom is 0.335 e. The molecule has 2 N–H and O–H groups in total. The van der Waals surface area contributed by atoms with Gasteiger partial charge >= 0.3 is 5.97 Å². The molecule has 1 fully saturated rings. The van der Waals surface area contributed by atoms with Crippen molar-refractivity contribution in [2.75, 3.05) is 0 Å². The van der Waals surface area contributed by atoms with E-state index in [0.29, 0.717) is 11.6 Å². The van der Waals surface area contributed by atoms with Crippen LogP contribution in [-0.2, 0) is 6.54 Å². The zero-order valence-electron chi connectivity index (χ0n) is 11.1. The number of nitrogens with one attached hydrogen (secondary N) is 1. The topological polar surface area (TPSA) is 49.3 Å². The lowest BCUT2D eigenvalue weighted by Gasteiger charge is -2.17. The van der Waals surface area contributed by atoms with Crippen molar-refractivity contribution in [2.45, 2.75) is 25.4 Å². The molecular formula is C16H17NO2S. The number of thiophene rings is 1. The number of carboxylic acid groups (broad SMARTS) is 1. The molecule has 1 aromatic heterocycles. The van der Waals surface area contributed by atoms with Crippen LogP contribution in [0, 0.1) is 5.92 Å². The summed E-state index contributed by atoms with van der Waals surface area (Å²) in [7, 11) is 0. The van der Waals surface area contributed by atoms with E-state index in [9.17, 15) is 4.79 Å². The molecular weight excluding hydrogens is 270 g/mol. The van der Waals surface area contributed by atoms with E-state index in [2.05, 4.69) is 22.8 Å². The third kappa shape index (κ3) is 3.08. The minimum absolute atomic E-state index is 0.339. The first kappa shape index (κ1) is 13.3. The molecule has 0 spiro atoms. The molecule has 0 radical (unpaired) electrons. The molecule has 104 valence electrons. The SMILES string of the molecule is O=C(O)c1ccc(CNC(c2cccs2)C2CC2)cc1. The van der Waals surface area contributed by atoms with Crippen LogP contribution in [-0.4, -0.2) is 11.1 Å². The Balaban J connectivity index is 1.64. The summed E-state index contributed by atoms with van der Waals surface area (Å²) in [5.41, 5.74) is 1.46. The molecule has 2 aromatic rings. The second-order valence-corrected chi connectivity index (χ2v) is 6.19. The van der Waals surface area contributed by atoms with Gasteiger partial charge in [0, 0.05) is 17.5 Å². The van der Waals surface area contributed by atoms with Gasteiger partial charge in [-0.25, -0.2) is 4.79 Å². The zero-order valence-corrected chi connectivity index (χ0v) is 11.9. The summed E-state index contributed by atoms with van der Waals surface area (Å²) in [4.78, 5) is 12.2. The molecule has 0 aliphatic heterocycles. The summed E-state index contributed by atoms with van der Waals surface area (Å²) in [5, 5.41) is 14.6. The van der Waals surface area contributed by atoms with Gasteiger partial charge in [-0.2, -0.15) is 0 Å². The van der Waals surface area contributed by atoms with Crippen LogP contribution in [0.1, 0.15) is 39.7 Å². The van der Waals surface area contributed by atoms with E-state index < -0.39 is 5.97 Å². The van der Waals surface area contributed by atoms with E-state index in [0.717, 1.165) is 18.0 Å².